The predicted octanol–water partition coefficient (Wildman–Crippen LogP) is 4.99. The highest BCUT2D eigenvalue weighted by molar-refractivity contribution is 6.33. The van der Waals surface area contributed by atoms with Crippen LogP contribution in [-0.4, -0.2) is 36.7 Å². The number of amides is 1. The molecule has 4 rings (SSSR count). The van der Waals surface area contributed by atoms with Crippen molar-refractivity contribution in [3.05, 3.63) is 106 Å². The molecule has 0 radical (unpaired) electrons. The number of carboxylic acid groups (broad SMARTS) is 1. The smallest absolute Gasteiger partial charge is 0.326 e. The first kappa shape index (κ1) is 26.1. The molecule has 3 aromatic rings. The predicted molar refractivity (Wildman–Crippen MR) is 142 cm³/mol. The average Bonchev–Trinajstić information content (AvgIpc) is 3.74. The number of aliphatic carboxylic acids is 1. The Kier molecular flexibility index (Phi) is 8.69. The first-order valence-electron chi connectivity index (χ1n) is 12.1. The first-order valence-corrected chi connectivity index (χ1v) is 12.4. The number of halogens is 1. The van der Waals surface area contributed by atoms with Gasteiger partial charge in [-0.25, -0.2) is 4.79 Å². The van der Waals surface area contributed by atoms with E-state index in [-0.39, 0.29) is 17.0 Å². The topological polar surface area (TPSA) is 96.9 Å². The van der Waals surface area contributed by atoms with E-state index in [0.29, 0.717) is 5.75 Å². The number of carbonyl (C=O) groups is 2. The molecule has 1 saturated carbocycles. The Bertz CT molecular complexity index is 1280. The zero-order valence-electron chi connectivity index (χ0n) is 20.5. The van der Waals surface area contributed by atoms with Gasteiger partial charge in [-0.1, -0.05) is 48.0 Å². The second-order valence-corrected chi connectivity index (χ2v) is 9.16. The summed E-state index contributed by atoms with van der Waals surface area (Å²) in [5.41, 5.74) is 3.40. The van der Waals surface area contributed by atoms with Crippen molar-refractivity contribution in [1.29, 1.82) is 0 Å². The van der Waals surface area contributed by atoms with Crippen molar-refractivity contribution in [2.45, 2.75) is 31.7 Å². The van der Waals surface area contributed by atoms with Crippen molar-refractivity contribution in [2.24, 2.45) is 0 Å². The van der Waals surface area contributed by atoms with Crippen molar-refractivity contribution in [2.75, 3.05) is 13.7 Å². The highest BCUT2D eigenvalue weighted by atomic mass is 35.5. The lowest BCUT2D eigenvalue weighted by molar-refractivity contribution is -0.139. The lowest BCUT2D eigenvalue weighted by Crippen LogP contribution is -2.42. The van der Waals surface area contributed by atoms with Crippen molar-refractivity contribution >= 4 is 23.5 Å². The average molecular weight is 521 g/mol. The molecule has 0 bridgehead atoms. The Balaban J connectivity index is 1.33. The molecule has 0 aromatic heterocycles. The van der Waals surface area contributed by atoms with Crippen LogP contribution in [0.25, 0.3) is 0 Å². The van der Waals surface area contributed by atoms with Gasteiger partial charge in [0.15, 0.2) is 5.88 Å². The largest absolute Gasteiger partial charge is 0.497 e. The molecule has 192 valence electrons. The molecule has 0 spiro atoms. The standard InChI is InChI=1S/C29H29ClN2O5/c1-36-23-6-4-5-19(17-23)15-16-31-28(21-11-12-21)37-22-13-9-20(10-14-22)18-26(29(34)35)32-27(33)24-7-2-3-8-25(24)30/h2-10,13-14,17,26,31H,11-12,15-16,18H2,1H3,(H,32,33)(H,34,35)/t26-/m0/s1. The molecule has 8 heteroatoms. The summed E-state index contributed by atoms with van der Waals surface area (Å²) < 4.78 is 11.4. The normalized spacial score (nSPS) is 12.9. The van der Waals surface area contributed by atoms with Gasteiger partial charge in [0.25, 0.3) is 5.91 Å². The van der Waals surface area contributed by atoms with Gasteiger partial charge in [-0.05, 0) is 72.4 Å². The van der Waals surface area contributed by atoms with Gasteiger partial charge in [-0.3, -0.25) is 4.79 Å². The number of nitrogens with one attached hydrogen (secondary N) is 2. The molecule has 3 aromatic carbocycles. The lowest BCUT2D eigenvalue weighted by atomic mass is 10.1. The summed E-state index contributed by atoms with van der Waals surface area (Å²) in [5.74, 6) is 0.605. The molecule has 7 nitrogen and oxygen atoms in total. The fraction of sp³-hybridized carbons (Fsp3) is 0.241. The summed E-state index contributed by atoms with van der Waals surface area (Å²) >= 11 is 6.07. The lowest BCUT2D eigenvalue weighted by Gasteiger charge is -2.16. The third-order valence-electron chi connectivity index (χ3n) is 5.96. The molecule has 0 unspecified atom stereocenters. The van der Waals surface area contributed by atoms with E-state index in [2.05, 4.69) is 16.7 Å². The number of benzene rings is 3. The number of rotatable bonds is 12. The Morgan fingerprint density at radius 3 is 2.41 bits per heavy atom. The number of hydrogen-bond donors (Lipinski definition) is 3. The van der Waals surface area contributed by atoms with Crippen molar-refractivity contribution < 1.29 is 24.2 Å². The van der Waals surface area contributed by atoms with Gasteiger partial charge >= 0.3 is 5.97 Å². The Morgan fingerprint density at radius 2 is 1.73 bits per heavy atom. The Morgan fingerprint density at radius 1 is 0.973 bits per heavy atom. The van der Waals surface area contributed by atoms with Crippen LogP contribution >= 0.6 is 11.6 Å². The monoisotopic (exact) mass is 520 g/mol. The van der Waals surface area contributed by atoms with Gasteiger partial charge in [0.1, 0.15) is 17.5 Å². The molecule has 1 fully saturated rings. The van der Waals surface area contributed by atoms with E-state index in [4.69, 9.17) is 21.1 Å². The molecular formula is C29H29ClN2O5. The van der Waals surface area contributed by atoms with E-state index < -0.39 is 17.9 Å². The van der Waals surface area contributed by atoms with Crippen LogP contribution in [0.2, 0.25) is 5.02 Å². The van der Waals surface area contributed by atoms with Crippen LogP contribution in [0, 0.1) is 0 Å². The maximum absolute atomic E-state index is 12.5. The molecule has 1 aliphatic rings. The van der Waals surface area contributed by atoms with Crippen LogP contribution in [0.5, 0.6) is 11.5 Å². The van der Waals surface area contributed by atoms with Gasteiger partial charge in [-0.15, -0.1) is 0 Å². The van der Waals surface area contributed by atoms with E-state index >= 15 is 0 Å². The van der Waals surface area contributed by atoms with E-state index in [1.165, 1.54) is 11.1 Å². The number of ether oxygens (including phenoxy) is 2. The van der Waals surface area contributed by atoms with Crippen LogP contribution in [0.15, 0.2) is 84.3 Å². The van der Waals surface area contributed by atoms with Gasteiger partial charge in [-0.2, -0.15) is 0 Å². The molecule has 37 heavy (non-hydrogen) atoms. The number of carboxylic acids is 1. The molecule has 0 saturated heterocycles. The molecule has 0 heterocycles. The fourth-order valence-electron chi connectivity index (χ4n) is 3.80. The molecule has 1 amide bonds. The zero-order chi connectivity index (χ0) is 26.2. The third-order valence-corrected chi connectivity index (χ3v) is 6.29. The van der Waals surface area contributed by atoms with E-state index in [9.17, 15) is 14.7 Å². The Labute approximate surface area is 221 Å². The molecular weight excluding hydrogens is 492 g/mol. The van der Waals surface area contributed by atoms with E-state index in [0.717, 1.165) is 43.0 Å². The maximum Gasteiger partial charge on any atom is 0.326 e. The van der Waals surface area contributed by atoms with E-state index in [1.807, 2.05) is 18.2 Å². The molecule has 1 atom stereocenters. The third kappa shape index (κ3) is 7.51. The summed E-state index contributed by atoms with van der Waals surface area (Å²) in [6.45, 7) is 0.718. The summed E-state index contributed by atoms with van der Waals surface area (Å²) in [4.78, 5) is 24.3. The molecule has 0 aliphatic heterocycles. The number of methoxy groups -OCH3 is 1. The molecule has 3 N–H and O–H groups in total. The summed E-state index contributed by atoms with van der Waals surface area (Å²) in [5, 5.41) is 15.9. The van der Waals surface area contributed by atoms with E-state index in [1.54, 1.807) is 55.6 Å². The van der Waals surface area contributed by atoms with Gasteiger partial charge < -0.3 is 25.2 Å². The van der Waals surface area contributed by atoms with Crippen LogP contribution < -0.4 is 20.1 Å². The zero-order valence-corrected chi connectivity index (χ0v) is 21.3. The minimum absolute atomic E-state index is 0.124. The number of allylic oxidation sites excluding steroid dienone is 1. The van der Waals surface area contributed by atoms with Crippen LogP contribution in [0.3, 0.4) is 0 Å². The number of hydrogen-bond acceptors (Lipinski definition) is 5. The highest BCUT2D eigenvalue weighted by Crippen LogP contribution is 2.32. The first-order chi connectivity index (χ1) is 17.9. The molecule has 1 aliphatic carbocycles. The quantitative estimate of drug-likeness (QED) is 0.291. The minimum atomic E-state index is -1.12. The van der Waals surface area contributed by atoms with Gasteiger partial charge in [0, 0.05) is 13.0 Å². The van der Waals surface area contributed by atoms with Crippen LogP contribution in [0.4, 0.5) is 0 Å². The van der Waals surface area contributed by atoms with Crippen molar-refractivity contribution in [1.82, 2.24) is 10.6 Å². The van der Waals surface area contributed by atoms with Gasteiger partial charge in [0.2, 0.25) is 0 Å². The minimum Gasteiger partial charge on any atom is -0.497 e. The van der Waals surface area contributed by atoms with Gasteiger partial charge in [0.05, 0.1) is 17.7 Å². The summed E-state index contributed by atoms with van der Waals surface area (Å²) in [6, 6.07) is 20.6. The summed E-state index contributed by atoms with van der Waals surface area (Å²) in [7, 11) is 1.66. The highest BCUT2D eigenvalue weighted by Gasteiger charge is 2.23. The van der Waals surface area contributed by atoms with Crippen molar-refractivity contribution in [3.63, 3.8) is 0 Å². The second-order valence-electron chi connectivity index (χ2n) is 8.76. The maximum atomic E-state index is 12.5. The fourth-order valence-corrected chi connectivity index (χ4v) is 4.02. The number of carbonyl (C=O) groups excluding carboxylic acids is 1. The summed E-state index contributed by atoms with van der Waals surface area (Å²) in [6.07, 6.45) is 2.96. The second kappa shape index (κ2) is 12.3. The SMILES string of the molecule is COc1cccc(CCNC(Oc2ccc(C[C@H](NC(=O)c3ccccc3Cl)C(=O)O)cc2)=C2CC2)c1. The van der Waals surface area contributed by atoms with Crippen LogP contribution in [-0.2, 0) is 17.6 Å². The Hall–Kier alpha value is -3.97. The van der Waals surface area contributed by atoms with Crippen molar-refractivity contribution in [3.8, 4) is 11.5 Å². The van der Waals surface area contributed by atoms with Crippen LogP contribution in [0.1, 0.15) is 34.3 Å².